The third-order valence-electron chi connectivity index (χ3n) is 4.74. The number of carbonyl (C=O) groups is 2. The fraction of sp³-hybridized carbons (Fsp3) is 0.300. The average Bonchev–Trinajstić information content (AvgIpc) is 3.12. The molecule has 8 heteroatoms. The number of pyridine rings is 1. The molecule has 1 aliphatic heterocycles. The maximum atomic E-state index is 12.8. The highest BCUT2D eigenvalue weighted by Gasteiger charge is 2.24. The molecule has 144 valence electrons. The van der Waals surface area contributed by atoms with Crippen LogP contribution in [0, 0.1) is 6.92 Å². The van der Waals surface area contributed by atoms with Crippen molar-refractivity contribution in [3.8, 4) is 0 Å². The lowest BCUT2D eigenvalue weighted by molar-refractivity contribution is -0.117. The van der Waals surface area contributed by atoms with Gasteiger partial charge in [0.2, 0.25) is 5.91 Å². The van der Waals surface area contributed by atoms with E-state index in [1.54, 1.807) is 24.0 Å². The number of amides is 2. The molecule has 3 heterocycles. The van der Waals surface area contributed by atoms with Gasteiger partial charge in [0.05, 0.1) is 12.1 Å². The number of hydrogen-bond donors (Lipinski definition) is 1. The van der Waals surface area contributed by atoms with Crippen LogP contribution < -0.4 is 5.32 Å². The summed E-state index contributed by atoms with van der Waals surface area (Å²) in [4.78, 5) is 33.2. The molecule has 0 atom stereocenters. The summed E-state index contributed by atoms with van der Waals surface area (Å²) in [6.45, 7) is 4.40. The van der Waals surface area contributed by atoms with Crippen LogP contribution in [0.5, 0.6) is 0 Å². The van der Waals surface area contributed by atoms with E-state index in [1.165, 1.54) is 0 Å². The monoisotopic (exact) mass is 379 g/mol. The van der Waals surface area contributed by atoms with Gasteiger partial charge in [0, 0.05) is 37.6 Å². The zero-order chi connectivity index (χ0) is 19.5. The lowest BCUT2D eigenvalue weighted by Gasteiger charge is -2.34. The number of para-hydroxylation sites is 1. The zero-order valence-electron chi connectivity index (χ0n) is 15.6. The average molecular weight is 379 g/mol. The topological polar surface area (TPSA) is 91.6 Å². The molecule has 0 saturated carbocycles. The van der Waals surface area contributed by atoms with E-state index in [9.17, 15) is 9.59 Å². The van der Waals surface area contributed by atoms with Gasteiger partial charge in [-0.05, 0) is 19.1 Å². The van der Waals surface area contributed by atoms with E-state index in [0.717, 1.165) is 10.9 Å². The number of nitrogens with zero attached hydrogens (tertiary/aromatic N) is 4. The van der Waals surface area contributed by atoms with Gasteiger partial charge < -0.3 is 14.7 Å². The van der Waals surface area contributed by atoms with Crippen LogP contribution in [0.3, 0.4) is 0 Å². The van der Waals surface area contributed by atoms with Crippen molar-refractivity contribution in [1.82, 2.24) is 19.9 Å². The number of fused-ring (bicyclic) bond motifs is 1. The third kappa shape index (κ3) is 4.01. The number of hydrogen-bond acceptors (Lipinski definition) is 6. The van der Waals surface area contributed by atoms with Crippen molar-refractivity contribution in [2.24, 2.45) is 0 Å². The predicted octanol–water partition coefficient (Wildman–Crippen LogP) is 1.93. The summed E-state index contributed by atoms with van der Waals surface area (Å²) in [6.07, 6.45) is 0. The van der Waals surface area contributed by atoms with Crippen molar-refractivity contribution in [3.05, 3.63) is 53.9 Å². The molecule has 0 unspecified atom stereocenters. The molecule has 1 aliphatic rings. The maximum absolute atomic E-state index is 12.8. The van der Waals surface area contributed by atoms with E-state index < -0.39 is 0 Å². The molecular formula is C20H21N5O3. The molecule has 8 nitrogen and oxygen atoms in total. The summed E-state index contributed by atoms with van der Waals surface area (Å²) in [6, 6.07) is 13.1. The molecule has 1 saturated heterocycles. The van der Waals surface area contributed by atoms with Crippen LogP contribution >= 0.6 is 0 Å². The Bertz CT molecular complexity index is 1010. The molecule has 0 radical (unpaired) electrons. The second-order valence-corrected chi connectivity index (χ2v) is 6.83. The fourth-order valence-electron chi connectivity index (χ4n) is 3.27. The maximum Gasteiger partial charge on any atom is 0.272 e. The lowest BCUT2D eigenvalue weighted by atomic mass is 10.2. The van der Waals surface area contributed by atoms with Crippen LogP contribution in [0.4, 0.5) is 5.82 Å². The Morgan fingerprint density at radius 3 is 2.64 bits per heavy atom. The Labute approximate surface area is 162 Å². The van der Waals surface area contributed by atoms with E-state index in [-0.39, 0.29) is 18.4 Å². The van der Waals surface area contributed by atoms with Gasteiger partial charge in [-0.25, -0.2) is 4.98 Å². The lowest BCUT2D eigenvalue weighted by Crippen LogP contribution is -2.50. The molecule has 28 heavy (non-hydrogen) atoms. The number of aryl methyl sites for hydroxylation is 1. The molecule has 0 aliphatic carbocycles. The second-order valence-electron chi connectivity index (χ2n) is 6.83. The van der Waals surface area contributed by atoms with E-state index in [1.807, 2.05) is 35.2 Å². The molecule has 3 aromatic rings. The molecule has 0 spiro atoms. The highest BCUT2D eigenvalue weighted by molar-refractivity contribution is 5.95. The normalized spacial score (nSPS) is 15.0. The second kappa shape index (κ2) is 7.77. The largest absolute Gasteiger partial charge is 0.360 e. The molecule has 0 bridgehead atoms. The molecular weight excluding hydrogens is 358 g/mol. The van der Waals surface area contributed by atoms with E-state index in [0.29, 0.717) is 43.5 Å². The SMILES string of the molecule is Cc1cc(NC(=O)CN2CCN(C(=O)c3ccc4ccccc4n3)CC2)no1. The van der Waals surface area contributed by atoms with Crippen LogP contribution in [-0.2, 0) is 4.79 Å². The third-order valence-corrected chi connectivity index (χ3v) is 4.74. The van der Waals surface area contributed by atoms with Crippen LogP contribution in [0.2, 0.25) is 0 Å². The summed E-state index contributed by atoms with van der Waals surface area (Å²) < 4.78 is 4.94. The van der Waals surface area contributed by atoms with Crippen LogP contribution in [-0.4, -0.2) is 64.5 Å². The van der Waals surface area contributed by atoms with Crippen molar-refractivity contribution >= 4 is 28.5 Å². The zero-order valence-corrected chi connectivity index (χ0v) is 15.6. The van der Waals surface area contributed by atoms with Crippen molar-refractivity contribution in [3.63, 3.8) is 0 Å². The number of nitrogens with one attached hydrogen (secondary N) is 1. The Morgan fingerprint density at radius 2 is 1.89 bits per heavy atom. The fourth-order valence-corrected chi connectivity index (χ4v) is 3.27. The number of carbonyl (C=O) groups excluding carboxylic acids is 2. The van der Waals surface area contributed by atoms with Crippen molar-refractivity contribution in [2.75, 3.05) is 38.0 Å². The first-order valence-corrected chi connectivity index (χ1v) is 9.19. The van der Waals surface area contributed by atoms with Gasteiger partial charge in [-0.2, -0.15) is 0 Å². The van der Waals surface area contributed by atoms with Crippen molar-refractivity contribution in [2.45, 2.75) is 6.92 Å². The quantitative estimate of drug-likeness (QED) is 0.745. The van der Waals surface area contributed by atoms with Gasteiger partial charge in [-0.1, -0.05) is 29.4 Å². The molecule has 2 aromatic heterocycles. The van der Waals surface area contributed by atoms with Crippen molar-refractivity contribution in [1.29, 1.82) is 0 Å². The standard InChI is InChI=1S/C20H21N5O3/c1-14-12-18(23-28-14)22-19(26)13-24-8-10-25(11-9-24)20(27)17-7-6-15-4-2-3-5-16(15)21-17/h2-7,12H,8-11,13H2,1H3,(H,22,23,26). The van der Waals surface area contributed by atoms with Gasteiger partial charge in [0.15, 0.2) is 5.82 Å². The van der Waals surface area contributed by atoms with Gasteiger partial charge in [0.1, 0.15) is 11.5 Å². The molecule has 2 amide bonds. The van der Waals surface area contributed by atoms with E-state index in [2.05, 4.69) is 15.5 Å². The Hall–Kier alpha value is -3.26. The molecule has 1 fully saturated rings. The number of piperazine rings is 1. The van der Waals surface area contributed by atoms with E-state index >= 15 is 0 Å². The van der Waals surface area contributed by atoms with Crippen molar-refractivity contribution < 1.29 is 14.1 Å². The first-order chi connectivity index (χ1) is 13.6. The predicted molar refractivity (Wildman–Crippen MR) is 104 cm³/mol. The number of benzene rings is 1. The number of anilines is 1. The minimum absolute atomic E-state index is 0.0760. The van der Waals surface area contributed by atoms with Gasteiger partial charge in [-0.3, -0.25) is 14.5 Å². The highest BCUT2D eigenvalue weighted by atomic mass is 16.5. The summed E-state index contributed by atoms with van der Waals surface area (Å²) in [7, 11) is 0. The van der Waals surface area contributed by atoms with Crippen LogP contribution in [0.25, 0.3) is 10.9 Å². The molecule has 1 N–H and O–H groups in total. The summed E-state index contributed by atoms with van der Waals surface area (Å²) in [5.74, 6) is 0.834. The van der Waals surface area contributed by atoms with Crippen LogP contribution in [0.1, 0.15) is 16.2 Å². The Morgan fingerprint density at radius 1 is 1.11 bits per heavy atom. The minimum atomic E-state index is -0.149. The first kappa shape index (κ1) is 18.1. The first-order valence-electron chi connectivity index (χ1n) is 9.19. The van der Waals surface area contributed by atoms with Gasteiger partial charge >= 0.3 is 0 Å². The number of rotatable bonds is 4. The van der Waals surface area contributed by atoms with Gasteiger partial charge in [0.25, 0.3) is 5.91 Å². The summed E-state index contributed by atoms with van der Waals surface area (Å²) in [5, 5.41) is 7.48. The Balaban J connectivity index is 1.31. The number of aromatic nitrogens is 2. The van der Waals surface area contributed by atoms with Gasteiger partial charge in [-0.15, -0.1) is 0 Å². The molecule has 1 aromatic carbocycles. The van der Waals surface area contributed by atoms with Crippen LogP contribution in [0.15, 0.2) is 47.0 Å². The summed E-state index contributed by atoms with van der Waals surface area (Å²) in [5.41, 5.74) is 1.26. The molecule has 4 rings (SSSR count). The Kier molecular flexibility index (Phi) is 5.03. The smallest absolute Gasteiger partial charge is 0.272 e. The highest BCUT2D eigenvalue weighted by Crippen LogP contribution is 2.14. The minimum Gasteiger partial charge on any atom is -0.360 e. The summed E-state index contributed by atoms with van der Waals surface area (Å²) >= 11 is 0. The van der Waals surface area contributed by atoms with E-state index in [4.69, 9.17) is 4.52 Å².